The molecule has 0 N–H and O–H groups in total. The van der Waals surface area contributed by atoms with Crippen LogP contribution in [0.1, 0.15) is 22.5 Å². The second-order valence-electron chi connectivity index (χ2n) is 5.04. The molecular formula is C15H16ClN3OS. The molecule has 2 heterocycles. The van der Waals surface area contributed by atoms with Crippen molar-refractivity contribution in [3.8, 4) is 0 Å². The molecule has 1 aliphatic rings. The van der Waals surface area contributed by atoms with Crippen molar-refractivity contribution in [1.82, 2.24) is 9.78 Å². The summed E-state index contributed by atoms with van der Waals surface area (Å²) in [5, 5.41) is 4.82. The molecule has 1 aromatic heterocycles. The molecule has 1 aliphatic heterocycles. The van der Waals surface area contributed by atoms with Crippen molar-refractivity contribution in [3.05, 3.63) is 40.7 Å². The maximum atomic E-state index is 12.9. The highest BCUT2D eigenvalue weighted by molar-refractivity contribution is 7.99. The van der Waals surface area contributed by atoms with Crippen LogP contribution in [0.3, 0.4) is 0 Å². The summed E-state index contributed by atoms with van der Waals surface area (Å²) in [6.45, 7) is 2.61. The molecule has 2 aromatic rings. The number of nitrogens with zero attached hydrogens (tertiary/aromatic N) is 3. The molecule has 0 bridgehead atoms. The zero-order valence-electron chi connectivity index (χ0n) is 12.0. The fourth-order valence-electron chi connectivity index (χ4n) is 2.41. The van der Waals surface area contributed by atoms with Gasteiger partial charge in [-0.2, -0.15) is 5.10 Å². The van der Waals surface area contributed by atoms with Crippen LogP contribution in [0.15, 0.2) is 29.3 Å². The number of benzene rings is 1. The Labute approximate surface area is 133 Å². The predicted molar refractivity (Wildman–Crippen MR) is 86.4 cm³/mol. The minimum atomic E-state index is -0.00776. The SMILES string of the molecule is Cc1c(C(=O)N2CCCSc3ccc(Cl)cc32)cnn1C. The summed E-state index contributed by atoms with van der Waals surface area (Å²) in [6, 6.07) is 5.74. The van der Waals surface area contributed by atoms with Gasteiger partial charge in [-0.05, 0) is 37.3 Å². The first kappa shape index (κ1) is 14.5. The van der Waals surface area contributed by atoms with Crippen LogP contribution in [-0.4, -0.2) is 28.0 Å². The number of amides is 1. The third-order valence-electron chi connectivity index (χ3n) is 3.71. The van der Waals surface area contributed by atoms with Gasteiger partial charge >= 0.3 is 0 Å². The first-order chi connectivity index (χ1) is 10.1. The molecule has 0 unspecified atom stereocenters. The maximum absolute atomic E-state index is 12.9. The van der Waals surface area contributed by atoms with E-state index in [0.29, 0.717) is 17.1 Å². The number of aromatic nitrogens is 2. The Bertz CT molecular complexity index is 698. The van der Waals surface area contributed by atoms with E-state index in [9.17, 15) is 4.79 Å². The monoisotopic (exact) mass is 321 g/mol. The van der Waals surface area contributed by atoms with Crippen molar-refractivity contribution in [1.29, 1.82) is 0 Å². The van der Waals surface area contributed by atoms with Crippen molar-refractivity contribution in [2.24, 2.45) is 7.05 Å². The number of fused-ring (bicyclic) bond motifs is 1. The van der Waals surface area contributed by atoms with Gasteiger partial charge in [0.25, 0.3) is 5.91 Å². The van der Waals surface area contributed by atoms with Gasteiger partial charge in [0.15, 0.2) is 0 Å². The number of anilines is 1. The lowest BCUT2D eigenvalue weighted by molar-refractivity contribution is 0.0986. The number of thioether (sulfide) groups is 1. The van der Waals surface area contributed by atoms with Gasteiger partial charge in [-0.25, -0.2) is 0 Å². The Kier molecular flexibility index (Phi) is 3.95. The summed E-state index contributed by atoms with van der Waals surface area (Å²) in [6.07, 6.45) is 2.60. The second-order valence-corrected chi connectivity index (χ2v) is 6.61. The quantitative estimate of drug-likeness (QED) is 0.806. The fourth-order valence-corrected chi connectivity index (χ4v) is 3.55. The number of rotatable bonds is 1. The Hall–Kier alpha value is -1.46. The van der Waals surface area contributed by atoms with Crippen molar-refractivity contribution in [2.75, 3.05) is 17.2 Å². The first-order valence-electron chi connectivity index (χ1n) is 6.81. The van der Waals surface area contributed by atoms with E-state index in [0.717, 1.165) is 28.5 Å². The molecule has 0 fully saturated rings. The van der Waals surface area contributed by atoms with E-state index < -0.39 is 0 Å². The normalized spacial score (nSPS) is 14.7. The topological polar surface area (TPSA) is 38.1 Å². The van der Waals surface area contributed by atoms with Crippen LogP contribution in [0, 0.1) is 6.92 Å². The van der Waals surface area contributed by atoms with Crippen LogP contribution in [0.2, 0.25) is 5.02 Å². The molecule has 21 heavy (non-hydrogen) atoms. The minimum absolute atomic E-state index is 0.00776. The van der Waals surface area contributed by atoms with E-state index in [1.807, 2.05) is 37.1 Å². The Morgan fingerprint density at radius 1 is 1.43 bits per heavy atom. The van der Waals surface area contributed by atoms with E-state index in [4.69, 9.17) is 11.6 Å². The third-order valence-corrected chi connectivity index (χ3v) is 5.09. The van der Waals surface area contributed by atoms with Gasteiger partial charge in [0, 0.05) is 29.2 Å². The number of hydrogen-bond acceptors (Lipinski definition) is 3. The van der Waals surface area contributed by atoms with Gasteiger partial charge in [-0.1, -0.05) is 11.6 Å². The summed E-state index contributed by atoms with van der Waals surface area (Å²) in [4.78, 5) is 15.8. The summed E-state index contributed by atoms with van der Waals surface area (Å²) < 4.78 is 1.72. The second kappa shape index (κ2) is 5.73. The molecular weight excluding hydrogens is 306 g/mol. The van der Waals surface area contributed by atoms with E-state index in [1.54, 1.807) is 22.6 Å². The third kappa shape index (κ3) is 2.68. The average molecular weight is 322 g/mol. The number of carbonyl (C=O) groups is 1. The molecule has 0 saturated carbocycles. The molecule has 0 spiro atoms. The standard InChI is InChI=1S/C15H16ClN3OS/c1-10-12(9-17-18(10)2)15(20)19-6-3-7-21-14-5-4-11(16)8-13(14)19/h4-5,8-9H,3,6-7H2,1-2H3. The van der Waals surface area contributed by atoms with Gasteiger partial charge in [-0.3, -0.25) is 9.48 Å². The first-order valence-corrected chi connectivity index (χ1v) is 8.17. The molecule has 0 radical (unpaired) electrons. The highest BCUT2D eigenvalue weighted by Gasteiger charge is 2.25. The number of aryl methyl sites for hydroxylation is 1. The highest BCUT2D eigenvalue weighted by Crippen LogP contribution is 2.36. The lowest BCUT2D eigenvalue weighted by Gasteiger charge is -2.22. The molecule has 1 amide bonds. The number of carbonyl (C=O) groups excluding carboxylic acids is 1. The van der Waals surface area contributed by atoms with Gasteiger partial charge in [0.05, 0.1) is 17.4 Å². The molecule has 0 saturated heterocycles. The van der Waals surface area contributed by atoms with Gasteiger partial charge in [0.2, 0.25) is 0 Å². The molecule has 1 aromatic carbocycles. The minimum Gasteiger partial charge on any atom is -0.307 e. The lowest BCUT2D eigenvalue weighted by atomic mass is 10.2. The van der Waals surface area contributed by atoms with Crippen LogP contribution in [0.5, 0.6) is 0 Å². The maximum Gasteiger partial charge on any atom is 0.261 e. The molecule has 0 aliphatic carbocycles. The van der Waals surface area contributed by atoms with Crippen molar-refractivity contribution >= 4 is 35.0 Å². The largest absolute Gasteiger partial charge is 0.307 e. The molecule has 0 atom stereocenters. The van der Waals surface area contributed by atoms with E-state index in [-0.39, 0.29) is 5.91 Å². The van der Waals surface area contributed by atoms with Crippen molar-refractivity contribution < 1.29 is 4.79 Å². The van der Waals surface area contributed by atoms with E-state index in [1.165, 1.54) is 0 Å². The number of hydrogen-bond donors (Lipinski definition) is 0. The van der Waals surface area contributed by atoms with Crippen LogP contribution < -0.4 is 4.90 Å². The van der Waals surface area contributed by atoms with Crippen LogP contribution >= 0.6 is 23.4 Å². The summed E-state index contributed by atoms with van der Waals surface area (Å²) in [5.41, 5.74) is 2.43. The predicted octanol–water partition coefficient (Wildman–Crippen LogP) is 3.52. The average Bonchev–Trinajstić information content (AvgIpc) is 2.69. The van der Waals surface area contributed by atoms with Gasteiger partial charge in [0.1, 0.15) is 0 Å². The highest BCUT2D eigenvalue weighted by atomic mass is 35.5. The van der Waals surface area contributed by atoms with Crippen molar-refractivity contribution in [3.63, 3.8) is 0 Å². The van der Waals surface area contributed by atoms with Gasteiger partial charge < -0.3 is 4.90 Å². The zero-order chi connectivity index (χ0) is 15.0. The van der Waals surface area contributed by atoms with Crippen LogP contribution in [0.25, 0.3) is 0 Å². The Morgan fingerprint density at radius 2 is 2.24 bits per heavy atom. The molecule has 110 valence electrons. The summed E-state index contributed by atoms with van der Waals surface area (Å²) in [5.74, 6) is 0.997. The number of halogens is 1. The summed E-state index contributed by atoms with van der Waals surface area (Å²) in [7, 11) is 1.84. The molecule has 4 nitrogen and oxygen atoms in total. The summed E-state index contributed by atoms with van der Waals surface area (Å²) >= 11 is 7.89. The Morgan fingerprint density at radius 3 is 2.95 bits per heavy atom. The zero-order valence-corrected chi connectivity index (χ0v) is 13.5. The van der Waals surface area contributed by atoms with Gasteiger partial charge in [-0.15, -0.1) is 11.8 Å². The molecule has 6 heteroatoms. The van der Waals surface area contributed by atoms with E-state index in [2.05, 4.69) is 5.10 Å². The smallest absolute Gasteiger partial charge is 0.261 e. The molecule has 3 rings (SSSR count). The Balaban J connectivity index is 2.04. The van der Waals surface area contributed by atoms with Crippen molar-refractivity contribution in [2.45, 2.75) is 18.2 Å². The van der Waals surface area contributed by atoms with E-state index >= 15 is 0 Å². The fraction of sp³-hybridized carbons (Fsp3) is 0.333. The lowest BCUT2D eigenvalue weighted by Crippen LogP contribution is -2.32. The van der Waals surface area contributed by atoms with Crippen LogP contribution in [0.4, 0.5) is 5.69 Å². The van der Waals surface area contributed by atoms with Crippen LogP contribution in [-0.2, 0) is 7.05 Å².